The van der Waals surface area contributed by atoms with Gasteiger partial charge < -0.3 is 17.4 Å². The van der Waals surface area contributed by atoms with Gasteiger partial charge in [-0.2, -0.15) is 0 Å². The first-order valence-electron chi connectivity index (χ1n) is 2.74. The van der Waals surface area contributed by atoms with Crippen LogP contribution in [0.4, 0.5) is 0 Å². The SMILES string of the molecule is C.NC(CCC(=O)O)C(=O)O.[H-].[Na+]. The van der Waals surface area contributed by atoms with Crippen molar-refractivity contribution in [2.45, 2.75) is 26.3 Å². The van der Waals surface area contributed by atoms with Crippen LogP contribution in [0.3, 0.4) is 0 Å². The summed E-state index contributed by atoms with van der Waals surface area (Å²) in [6.45, 7) is 0. The monoisotopic (exact) mass is 187 g/mol. The third kappa shape index (κ3) is 9.90. The molecule has 0 aliphatic rings. The van der Waals surface area contributed by atoms with E-state index in [1.54, 1.807) is 0 Å². The Bertz CT molecular complexity index is 156. The third-order valence-corrected chi connectivity index (χ3v) is 0.986. The summed E-state index contributed by atoms with van der Waals surface area (Å²) in [5.74, 6) is -2.20. The number of nitrogens with two attached hydrogens (primary N) is 1. The Morgan fingerprint density at radius 2 is 1.83 bits per heavy atom. The molecule has 0 spiro atoms. The molecule has 0 saturated heterocycles. The second-order valence-electron chi connectivity index (χ2n) is 1.88. The van der Waals surface area contributed by atoms with E-state index in [4.69, 9.17) is 15.9 Å². The molecule has 0 bridgehead atoms. The van der Waals surface area contributed by atoms with E-state index in [-0.39, 0.29) is 51.3 Å². The molecule has 0 heterocycles. The zero-order chi connectivity index (χ0) is 8.15. The van der Waals surface area contributed by atoms with E-state index in [0.717, 1.165) is 0 Å². The first kappa shape index (κ1) is 17.8. The Kier molecular flexibility index (Phi) is 13.4. The van der Waals surface area contributed by atoms with E-state index in [0.29, 0.717) is 0 Å². The van der Waals surface area contributed by atoms with E-state index in [1.807, 2.05) is 0 Å². The Balaban J connectivity index is -0.000000135. The quantitative estimate of drug-likeness (QED) is 0.408. The minimum Gasteiger partial charge on any atom is -1.00 e. The fourth-order valence-corrected chi connectivity index (χ4v) is 0.402. The molecular formula is C6H14NNaO4. The summed E-state index contributed by atoms with van der Waals surface area (Å²) in [4.78, 5) is 19.9. The van der Waals surface area contributed by atoms with Crippen molar-refractivity contribution < 1.29 is 50.8 Å². The summed E-state index contributed by atoms with van der Waals surface area (Å²) >= 11 is 0. The average Bonchev–Trinajstić information content (AvgIpc) is 1.82. The summed E-state index contributed by atoms with van der Waals surface area (Å²) in [5, 5.41) is 16.3. The zero-order valence-corrected chi connectivity index (χ0v) is 8.28. The predicted molar refractivity (Wildman–Crippen MR) is 40.3 cm³/mol. The van der Waals surface area contributed by atoms with Crippen LogP contribution in [0.25, 0.3) is 0 Å². The van der Waals surface area contributed by atoms with Gasteiger partial charge in [-0.15, -0.1) is 0 Å². The van der Waals surface area contributed by atoms with Crippen molar-refractivity contribution in [3.8, 4) is 0 Å². The van der Waals surface area contributed by atoms with E-state index in [9.17, 15) is 9.59 Å². The van der Waals surface area contributed by atoms with Crippen molar-refractivity contribution >= 4 is 11.9 Å². The van der Waals surface area contributed by atoms with Crippen molar-refractivity contribution in [1.29, 1.82) is 0 Å². The normalized spacial score (nSPS) is 10.4. The number of aliphatic carboxylic acids is 2. The molecule has 0 rings (SSSR count). The summed E-state index contributed by atoms with van der Waals surface area (Å²) < 4.78 is 0. The molecular weight excluding hydrogens is 173 g/mol. The van der Waals surface area contributed by atoms with Crippen molar-refractivity contribution in [3.05, 3.63) is 0 Å². The minimum atomic E-state index is -1.17. The number of hydrogen-bond acceptors (Lipinski definition) is 3. The summed E-state index contributed by atoms with van der Waals surface area (Å²) in [5.41, 5.74) is 5.00. The Morgan fingerprint density at radius 1 is 1.42 bits per heavy atom. The summed E-state index contributed by atoms with van der Waals surface area (Å²) in [6, 6.07) is -1.06. The van der Waals surface area contributed by atoms with Crippen LogP contribution < -0.4 is 35.3 Å². The standard InChI is InChI=1S/C5H9NO4.CH4.Na.H/c6-3(5(9)10)1-2-4(7)8;;;/h3H,1-2,6H2,(H,7,8)(H,9,10);1H4;;/q;;+1;-1. The maximum absolute atomic E-state index is 9.99. The maximum Gasteiger partial charge on any atom is 1.00 e. The molecule has 0 fully saturated rings. The van der Waals surface area contributed by atoms with Crippen LogP contribution in [0.2, 0.25) is 0 Å². The number of carboxylic acid groups (broad SMARTS) is 2. The topological polar surface area (TPSA) is 101 Å². The van der Waals surface area contributed by atoms with Gasteiger partial charge in [-0.3, -0.25) is 9.59 Å². The van der Waals surface area contributed by atoms with Crippen LogP contribution in [0.15, 0.2) is 0 Å². The molecule has 0 radical (unpaired) electrons. The van der Waals surface area contributed by atoms with Gasteiger partial charge in [0.1, 0.15) is 6.04 Å². The van der Waals surface area contributed by atoms with Gasteiger partial charge in [0.05, 0.1) is 0 Å². The molecule has 0 aromatic rings. The van der Waals surface area contributed by atoms with Gasteiger partial charge in [0, 0.05) is 6.42 Å². The zero-order valence-electron chi connectivity index (χ0n) is 7.28. The van der Waals surface area contributed by atoms with Crippen LogP contribution in [-0.4, -0.2) is 28.2 Å². The van der Waals surface area contributed by atoms with Crippen molar-refractivity contribution in [3.63, 3.8) is 0 Å². The van der Waals surface area contributed by atoms with Gasteiger partial charge in [-0.05, 0) is 6.42 Å². The number of carboxylic acids is 2. The van der Waals surface area contributed by atoms with Gasteiger partial charge in [0.25, 0.3) is 0 Å². The van der Waals surface area contributed by atoms with Crippen LogP contribution >= 0.6 is 0 Å². The fourth-order valence-electron chi connectivity index (χ4n) is 0.402. The molecule has 0 aliphatic carbocycles. The number of rotatable bonds is 4. The number of hydrogen-bond donors (Lipinski definition) is 3. The average molecular weight is 187 g/mol. The first-order chi connectivity index (χ1) is 4.54. The second-order valence-corrected chi connectivity index (χ2v) is 1.88. The maximum atomic E-state index is 9.99. The molecule has 0 aromatic carbocycles. The fraction of sp³-hybridized carbons (Fsp3) is 0.667. The van der Waals surface area contributed by atoms with Crippen LogP contribution in [-0.2, 0) is 9.59 Å². The van der Waals surface area contributed by atoms with Crippen molar-refractivity contribution in [2.75, 3.05) is 0 Å². The number of carbonyl (C=O) groups is 2. The van der Waals surface area contributed by atoms with Gasteiger partial charge >= 0.3 is 41.5 Å². The summed E-state index contributed by atoms with van der Waals surface area (Å²) in [7, 11) is 0. The van der Waals surface area contributed by atoms with E-state index in [2.05, 4.69) is 0 Å². The molecule has 68 valence electrons. The van der Waals surface area contributed by atoms with Gasteiger partial charge in [-0.1, -0.05) is 7.43 Å². The molecule has 4 N–H and O–H groups in total. The van der Waals surface area contributed by atoms with Crippen LogP contribution in [0, 0.1) is 0 Å². The molecule has 0 saturated carbocycles. The van der Waals surface area contributed by atoms with E-state index >= 15 is 0 Å². The van der Waals surface area contributed by atoms with Crippen LogP contribution in [0.5, 0.6) is 0 Å². The Labute approximate surface area is 94.7 Å². The molecule has 12 heavy (non-hydrogen) atoms. The molecule has 1 atom stereocenters. The first-order valence-corrected chi connectivity index (χ1v) is 2.74. The summed E-state index contributed by atoms with van der Waals surface area (Å²) in [6.07, 6.45) is -0.224. The van der Waals surface area contributed by atoms with Crippen LogP contribution in [0.1, 0.15) is 21.7 Å². The van der Waals surface area contributed by atoms with Gasteiger partial charge in [-0.25, -0.2) is 0 Å². The molecule has 0 aliphatic heterocycles. The molecule has 0 aromatic heterocycles. The third-order valence-electron chi connectivity index (χ3n) is 0.986. The van der Waals surface area contributed by atoms with Gasteiger partial charge in [0.2, 0.25) is 0 Å². The van der Waals surface area contributed by atoms with E-state index in [1.165, 1.54) is 0 Å². The smallest absolute Gasteiger partial charge is 1.00 e. The largest absolute Gasteiger partial charge is 1.00 e. The molecule has 0 amide bonds. The van der Waals surface area contributed by atoms with Crippen molar-refractivity contribution in [2.24, 2.45) is 5.73 Å². The predicted octanol–water partition coefficient (Wildman–Crippen LogP) is -2.98. The molecule has 6 heteroatoms. The molecule has 5 nitrogen and oxygen atoms in total. The second kappa shape index (κ2) is 8.99. The van der Waals surface area contributed by atoms with Gasteiger partial charge in [0.15, 0.2) is 0 Å². The molecule has 1 unspecified atom stereocenters. The Hall–Kier alpha value is -0.100. The van der Waals surface area contributed by atoms with E-state index < -0.39 is 18.0 Å². The minimum absolute atomic E-state index is 0. The van der Waals surface area contributed by atoms with Crippen molar-refractivity contribution in [1.82, 2.24) is 0 Å². The Morgan fingerprint density at radius 3 is 2.08 bits per heavy atom.